The summed E-state index contributed by atoms with van der Waals surface area (Å²) in [4.78, 5) is 42.3. The highest BCUT2D eigenvalue weighted by atomic mass is 35.5. The van der Waals surface area contributed by atoms with E-state index in [9.17, 15) is 45.8 Å². The van der Waals surface area contributed by atoms with Gasteiger partial charge in [-0.25, -0.2) is 4.79 Å². The number of benzene rings is 3. The predicted octanol–water partition coefficient (Wildman–Crippen LogP) is 7.75. The lowest BCUT2D eigenvalue weighted by Crippen LogP contribution is -2.47. The number of aromatic nitrogens is 1. The van der Waals surface area contributed by atoms with E-state index in [1.165, 1.54) is 42.5 Å². The van der Waals surface area contributed by atoms with E-state index in [1.807, 2.05) is 0 Å². The van der Waals surface area contributed by atoms with Crippen LogP contribution in [0.3, 0.4) is 0 Å². The first-order valence-corrected chi connectivity index (χ1v) is 14.2. The van der Waals surface area contributed by atoms with E-state index in [0.717, 1.165) is 4.90 Å². The van der Waals surface area contributed by atoms with Crippen LogP contribution in [0.4, 0.5) is 26.3 Å². The van der Waals surface area contributed by atoms with E-state index < -0.39 is 53.5 Å². The first-order chi connectivity index (χ1) is 21.8. The Bertz CT molecular complexity index is 1760. The first kappa shape index (κ1) is 35.1. The van der Waals surface area contributed by atoms with Gasteiger partial charge < -0.3 is 25.0 Å². The van der Waals surface area contributed by atoms with Gasteiger partial charge in [-0.05, 0) is 74.4 Å². The average molecular weight is 684 g/mol. The van der Waals surface area contributed by atoms with E-state index in [4.69, 9.17) is 16.3 Å². The minimum absolute atomic E-state index is 0.0247. The molecule has 1 heterocycles. The minimum Gasteiger partial charge on any atom is -0.489 e. The van der Waals surface area contributed by atoms with Crippen molar-refractivity contribution in [2.45, 2.75) is 57.9 Å². The van der Waals surface area contributed by atoms with Gasteiger partial charge in [0.05, 0.1) is 11.1 Å². The van der Waals surface area contributed by atoms with E-state index >= 15 is 0 Å². The lowest BCUT2D eigenvalue weighted by molar-refractivity contribution is -0.143. The minimum atomic E-state index is -5.01. The number of aromatic carboxylic acids is 1. The summed E-state index contributed by atoms with van der Waals surface area (Å²) in [5, 5.41) is 13.4. The molecular formula is C32H28ClF6N3O5. The van der Waals surface area contributed by atoms with Gasteiger partial charge in [-0.15, -0.1) is 0 Å². The van der Waals surface area contributed by atoms with Crippen LogP contribution in [0.25, 0.3) is 10.9 Å². The number of alkyl halides is 6. The highest BCUT2D eigenvalue weighted by molar-refractivity contribution is 6.31. The molecule has 47 heavy (non-hydrogen) atoms. The standard InChI is InChI=1S/C32H28ClF6N3O5/c1-30(2,3)41-28(44)27(25-23-9-6-21(33)13-24(23)40-26(25)29(45)46)42(16-43)14-17-4-7-22(8-5-17)47-15-18-10-19(31(34,35)36)12-20(11-18)32(37,38)39/h4-13,16,27,40H,14-15H2,1-3H3,(H,41,44)(H,45,46). The predicted molar refractivity (Wildman–Crippen MR) is 160 cm³/mol. The molecule has 0 radical (unpaired) electrons. The van der Waals surface area contributed by atoms with Crippen LogP contribution in [0, 0.1) is 0 Å². The SMILES string of the molecule is CC(C)(C)NC(=O)C(c1c(C(=O)O)[nH]c2cc(Cl)ccc12)N(C=O)Cc1ccc(OCc2cc(C(F)(F)F)cc(C(F)(F)F)c2)cc1. The van der Waals surface area contributed by atoms with Crippen LogP contribution < -0.4 is 10.1 Å². The van der Waals surface area contributed by atoms with Crippen molar-refractivity contribution in [2.24, 2.45) is 0 Å². The normalized spacial score (nSPS) is 12.9. The molecule has 4 aromatic rings. The summed E-state index contributed by atoms with van der Waals surface area (Å²) in [5.41, 5.74) is -3.58. The quantitative estimate of drug-likeness (QED) is 0.117. The molecule has 0 aliphatic rings. The van der Waals surface area contributed by atoms with Gasteiger partial charge in [0.2, 0.25) is 12.3 Å². The second kappa shape index (κ2) is 13.2. The number of ether oxygens (including phenoxy) is 1. The van der Waals surface area contributed by atoms with E-state index in [2.05, 4.69) is 10.3 Å². The Morgan fingerprint density at radius 2 is 1.53 bits per heavy atom. The maximum atomic E-state index is 13.7. The molecule has 0 saturated carbocycles. The Balaban J connectivity index is 1.63. The molecular weight excluding hydrogens is 656 g/mol. The number of carbonyl (C=O) groups is 3. The van der Waals surface area contributed by atoms with Crippen molar-refractivity contribution >= 4 is 40.8 Å². The van der Waals surface area contributed by atoms with Crippen LogP contribution in [0.2, 0.25) is 5.02 Å². The van der Waals surface area contributed by atoms with Crippen molar-refractivity contribution in [3.05, 3.63) is 99.2 Å². The van der Waals surface area contributed by atoms with Gasteiger partial charge in [0.25, 0.3) is 0 Å². The fourth-order valence-corrected chi connectivity index (χ4v) is 5.06. The molecule has 1 unspecified atom stereocenters. The van der Waals surface area contributed by atoms with E-state index in [1.54, 1.807) is 20.8 Å². The van der Waals surface area contributed by atoms with Gasteiger partial charge >= 0.3 is 18.3 Å². The van der Waals surface area contributed by atoms with Crippen LogP contribution in [-0.2, 0) is 35.1 Å². The van der Waals surface area contributed by atoms with Crippen LogP contribution in [0.5, 0.6) is 5.75 Å². The Morgan fingerprint density at radius 3 is 2.04 bits per heavy atom. The molecule has 4 rings (SSSR count). The number of hydrogen-bond donors (Lipinski definition) is 3. The van der Waals surface area contributed by atoms with Gasteiger partial charge in [0, 0.05) is 33.6 Å². The highest BCUT2D eigenvalue weighted by Crippen LogP contribution is 2.37. The third-order valence-corrected chi connectivity index (χ3v) is 7.08. The Labute approximate surface area is 269 Å². The molecule has 0 saturated heterocycles. The van der Waals surface area contributed by atoms with Crippen molar-refractivity contribution in [2.75, 3.05) is 0 Å². The number of fused-ring (bicyclic) bond motifs is 1. The molecule has 250 valence electrons. The number of nitrogens with zero attached hydrogens (tertiary/aromatic N) is 1. The molecule has 8 nitrogen and oxygen atoms in total. The van der Waals surface area contributed by atoms with Crippen molar-refractivity contribution in [1.29, 1.82) is 0 Å². The van der Waals surface area contributed by atoms with Gasteiger partial charge in [-0.1, -0.05) is 29.8 Å². The monoisotopic (exact) mass is 683 g/mol. The first-order valence-electron chi connectivity index (χ1n) is 13.8. The number of rotatable bonds is 10. The van der Waals surface area contributed by atoms with Crippen molar-refractivity contribution in [1.82, 2.24) is 15.2 Å². The zero-order valence-corrected chi connectivity index (χ0v) is 25.8. The number of halogens is 7. The molecule has 0 spiro atoms. The molecule has 3 aromatic carbocycles. The van der Waals surface area contributed by atoms with Crippen molar-refractivity contribution < 1.29 is 50.6 Å². The average Bonchev–Trinajstić information content (AvgIpc) is 3.32. The summed E-state index contributed by atoms with van der Waals surface area (Å²) >= 11 is 6.09. The second-order valence-corrected chi connectivity index (χ2v) is 12.1. The Kier molecular flexibility index (Phi) is 9.86. The smallest absolute Gasteiger partial charge is 0.416 e. The molecule has 0 aliphatic heterocycles. The number of carboxylic acids is 1. The Morgan fingerprint density at radius 1 is 0.936 bits per heavy atom. The fourth-order valence-electron chi connectivity index (χ4n) is 4.89. The number of carboxylic acid groups (broad SMARTS) is 1. The third-order valence-electron chi connectivity index (χ3n) is 6.84. The Hall–Kier alpha value is -4.72. The van der Waals surface area contributed by atoms with Crippen LogP contribution in [-0.4, -0.2) is 38.8 Å². The van der Waals surface area contributed by atoms with Crippen molar-refractivity contribution in [3.8, 4) is 5.75 Å². The molecule has 1 atom stereocenters. The topological polar surface area (TPSA) is 112 Å². The third kappa shape index (κ3) is 8.56. The molecule has 3 N–H and O–H groups in total. The lowest BCUT2D eigenvalue weighted by atomic mass is 9.98. The van der Waals surface area contributed by atoms with Crippen molar-refractivity contribution in [3.63, 3.8) is 0 Å². The summed E-state index contributed by atoms with van der Waals surface area (Å²) < 4.78 is 84.7. The van der Waals surface area contributed by atoms with E-state index in [0.29, 0.717) is 40.0 Å². The molecule has 0 fully saturated rings. The number of aromatic amines is 1. The maximum Gasteiger partial charge on any atom is 0.416 e. The summed E-state index contributed by atoms with van der Waals surface area (Å²) in [5.74, 6) is -1.94. The molecule has 0 aliphatic carbocycles. The van der Waals surface area contributed by atoms with Gasteiger partial charge in [0.15, 0.2) is 0 Å². The number of H-pyrrole nitrogens is 1. The maximum absolute atomic E-state index is 13.7. The van der Waals surface area contributed by atoms with Crippen LogP contribution >= 0.6 is 11.6 Å². The summed E-state index contributed by atoms with van der Waals surface area (Å²) in [6.45, 7) is 4.32. The van der Waals surface area contributed by atoms with Crippen LogP contribution in [0.1, 0.15) is 65.1 Å². The molecule has 1 aromatic heterocycles. The number of amides is 2. The second-order valence-electron chi connectivity index (χ2n) is 11.7. The zero-order valence-electron chi connectivity index (χ0n) is 25.0. The van der Waals surface area contributed by atoms with Crippen LogP contribution in [0.15, 0.2) is 60.7 Å². The number of hydrogen-bond acceptors (Lipinski definition) is 4. The van der Waals surface area contributed by atoms with E-state index in [-0.39, 0.29) is 35.2 Å². The van der Waals surface area contributed by atoms with Gasteiger partial charge in [-0.2, -0.15) is 26.3 Å². The number of carbonyl (C=O) groups excluding carboxylic acids is 2. The largest absolute Gasteiger partial charge is 0.489 e. The summed E-state index contributed by atoms with van der Waals surface area (Å²) in [7, 11) is 0. The van der Waals surface area contributed by atoms with Gasteiger partial charge in [-0.3, -0.25) is 9.59 Å². The van der Waals surface area contributed by atoms with Gasteiger partial charge in [0.1, 0.15) is 24.1 Å². The summed E-state index contributed by atoms with van der Waals surface area (Å²) in [6.07, 6.45) is -9.62. The molecule has 2 amide bonds. The highest BCUT2D eigenvalue weighted by Gasteiger charge is 2.38. The molecule has 0 bridgehead atoms. The zero-order chi connectivity index (χ0) is 34.9. The number of nitrogens with one attached hydrogen (secondary N) is 2. The molecule has 15 heteroatoms. The lowest BCUT2D eigenvalue weighted by Gasteiger charge is -2.31. The summed E-state index contributed by atoms with van der Waals surface area (Å²) in [6, 6.07) is 9.99. The fraction of sp³-hybridized carbons (Fsp3) is 0.281.